The highest BCUT2D eigenvalue weighted by molar-refractivity contribution is 6.34. The number of aromatic amines is 1. The fraction of sp³-hybridized carbons (Fsp3) is 0.0323. The fourth-order valence-corrected chi connectivity index (χ4v) is 5.58. The van der Waals surface area contributed by atoms with Crippen molar-refractivity contribution in [3.63, 3.8) is 0 Å². The Labute approximate surface area is 226 Å². The molecule has 0 amide bonds. The molecular weight excluding hydrogens is 510 g/mol. The van der Waals surface area contributed by atoms with Gasteiger partial charge in [0.1, 0.15) is 5.69 Å². The van der Waals surface area contributed by atoms with Crippen molar-refractivity contribution in [3.05, 3.63) is 123 Å². The van der Waals surface area contributed by atoms with Gasteiger partial charge in [0.15, 0.2) is 0 Å². The summed E-state index contributed by atoms with van der Waals surface area (Å²) in [5.41, 5.74) is 4.08. The number of para-hydroxylation sites is 1. The predicted octanol–water partition coefficient (Wildman–Crippen LogP) is 6.10. The summed E-state index contributed by atoms with van der Waals surface area (Å²) in [6.07, 6.45) is 3.24. The van der Waals surface area contributed by atoms with E-state index in [9.17, 15) is 9.59 Å². The van der Waals surface area contributed by atoms with Crippen LogP contribution in [0.2, 0.25) is 5.02 Å². The highest BCUT2D eigenvalue weighted by Crippen LogP contribution is 2.40. The molecule has 7 rings (SSSR count). The molecule has 0 radical (unpaired) electrons. The largest absolute Gasteiger partial charge is 0.333 e. The van der Waals surface area contributed by atoms with Crippen molar-refractivity contribution in [2.75, 3.05) is 0 Å². The third-order valence-electron chi connectivity index (χ3n) is 7.10. The molecule has 188 valence electrons. The van der Waals surface area contributed by atoms with Crippen LogP contribution in [0.5, 0.6) is 0 Å². The normalized spacial score (nSPS) is 11.5. The molecule has 0 saturated heterocycles. The van der Waals surface area contributed by atoms with Crippen molar-refractivity contribution in [2.24, 2.45) is 7.05 Å². The Morgan fingerprint density at radius 3 is 2.49 bits per heavy atom. The minimum absolute atomic E-state index is 0.378. The number of hydrogen-bond donors (Lipinski definition) is 1. The number of rotatable bonds is 3. The van der Waals surface area contributed by atoms with Gasteiger partial charge in [-0.15, -0.1) is 0 Å². The number of fused-ring (bicyclic) bond motifs is 3. The number of halogens is 1. The van der Waals surface area contributed by atoms with E-state index in [4.69, 9.17) is 16.7 Å². The fourth-order valence-electron chi connectivity index (χ4n) is 5.30. The molecule has 0 unspecified atom stereocenters. The number of benzene rings is 4. The summed E-state index contributed by atoms with van der Waals surface area (Å²) >= 11 is 6.77. The molecule has 7 aromatic rings. The van der Waals surface area contributed by atoms with Crippen LogP contribution in [0.3, 0.4) is 0 Å². The van der Waals surface area contributed by atoms with Gasteiger partial charge in [-0.2, -0.15) is 5.10 Å². The van der Waals surface area contributed by atoms with Crippen molar-refractivity contribution in [1.82, 2.24) is 24.3 Å². The van der Waals surface area contributed by atoms with Crippen LogP contribution in [0.15, 0.2) is 107 Å². The first-order valence-electron chi connectivity index (χ1n) is 12.3. The average Bonchev–Trinajstić information content (AvgIpc) is 3.29. The molecule has 3 heterocycles. The summed E-state index contributed by atoms with van der Waals surface area (Å²) in [7, 11) is 1.91. The molecule has 0 aliphatic rings. The van der Waals surface area contributed by atoms with Crippen LogP contribution in [0.25, 0.3) is 60.6 Å². The first kappa shape index (κ1) is 23.1. The predicted molar refractivity (Wildman–Crippen MR) is 156 cm³/mol. The van der Waals surface area contributed by atoms with Gasteiger partial charge in [-0.3, -0.25) is 14.5 Å². The summed E-state index contributed by atoms with van der Waals surface area (Å²) in [6, 6.07) is 26.6. The van der Waals surface area contributed by atoms with Gasteiger partial charge in [0.05, 0.1) is 28.3 Å². The molecule has 3 aromatic heterocycles. The van der Waals surface area contributed by atoms with Crippen LogP contribution in [-0.2, 0) is 7.05 Å². The molecule has 0 saturated carbocycles. The third kappa shape index (κ3) is 3.59. The summed E-state index contributed by atoms with van der Waals surface area (Å²) in [5.74, 6) is 0. The van der Waals surface area contributed by atoms with E-state index in [-0.39, 0.29) is 0 Å². The molecule has 0 aliphatic heterocycles. The Balaban J connectivity index is 1.44. The quantitative estimate of drug-likeness (QED) is 0.299. The zero-order valence-electron chi connectivity index (χ0n) is 20.7. The third-order valence-corrected chi connectivity index (χ3v) is 7.42. The lowest BCUT2D eigenvalue weighted by Crippen LogP contribution is -2.33. The number of nitrogens with zero attached hydrogens (tertiary/aromatic N) is 4. The summed E-state index contributed by atoms with van der Waals surface area (Å²) in [5, 5.41) is 8.31. The lowest BCUT2D eigenvalue weighted by atomic mass is 9.95. The number of hydrogen-bond acceptors (Lipinski definition) is 4. The first-order valence-corrected chi connectivity index (χ1v) is 12.7. The minimum Gasteiger partial charge on any atom is -0.306 e. The Kier molecular flexibility index (Phi) is 5.21. The van der Waals surface area contributed by atoms with Gasteiger partial charge in [-0.25, -0.2) is 9.36 Å². The van der Waals surface area contributed by atoms with Crippen molar-refractivity contribution in [2.45, 2.75) is 0 Å². The number of aromatic nitrogens is 5. The Morgan fingerprint density at radius 1 is 0.821 bits per heavy atom. The van der Waals surface area contributed by atoms with E-state index < -0.39 is 11.2 Å². The summed E-state index contributed by atoms with van der Waals surface area (Å²) in [6.45, 7) is 0. The highest BCUT2D eigenvalue weighted by Gasteiger charge is 2.19. The summed E-state index contributed by atoms with van der Waals surface area (Å²) in [4.78, 5) is 34.1. The lowest BCUT2D eigenvalue weighted by molar-refractivity contribution is 0.800. The van der Waals surface area contributed by atoms with Crippen LogP contribution >= 0.6 is 11.6 Å². The molecule has 0 spiro atoms. The molecule has 7 nitrogen and oxygen atoms in total. The second-order valence-corrected chi connectivity index (χ2v) is 9.77. The highest BCUT2D eigenvalue weighted by atomic mass is 35.5. The Hall–Kier alpha value is -5.01. The Bertz CT molecular complexity index is 2210. The van der Waals surface area contributed by atoms with E-state index in [1.165, 1.54) is 6.20 Å². The zero-order chi connectivity index (χ0) is 26.7. The van der Waals surface area contributed by atoms with Crippen LogP contribution in [0.4, 0.5) is 0 Å². The SMILES string of the molecule is Cn1nc(-c2cccc(Cl)c2-c2ccc3c(=O)n(-c4cncc5ccccc45)c(=O)[nH]c3c2)c2ccccc21. The van der Waals surface area contributed by atoms with Crippen LogP contribution in [0.1, 0.15) is 0 Å². The zero-order valence-corrected chi connectivity index (χ0v) is 21.5. The maximum atomic E-state index is 13.6. The van der Waals surface area contributed by atoms with Gasteiger partial charge in [-0.1, -0.05) is 72.3 Å². The smallest absolute Gasteiger partial charge is 0.306 e. The summed E-state index contributed by atoms with van der Waals surface area (Å²) < 4.78 is 2.98. The van der Waals surface area contributed by atoms with E-state index >= 15 is 0 Å². The van der Waals surface area contributed by atoms with Crippen LogP contribution in [0, 0.1) is 0 Å². The molecule has 0 bridgehead atoms. The van der Waals surface area contributed by atoms with E-state index in [0.717, 1.165) is 48.6 Å². The molecule has 0 aliphatic carbocycles. The van der Waals surface area contributed by atoms with Gasteiger partial charge in [0.2, 0.25) is 0 Å². The molecule has 39 heavy (non-hydrogen) atoms. The van der Waals surface area contributed by atoms with Crippen LogP contribution < -0.4 is 11.2 Å². The maximum Gasteiger partial charge on any atom is 0.333 e. The van der Waals surface area contributed by atoms with E-state index in [2.05, 4.69) is 9.97 Å². The van der Waals surface area contributed by atoms with Crippen molar-refractivity contribution >= 4 is 44.2 Å². The topological polar surface area (TPSA) is 85.6 Å². The average molecular weight is 530 g/mol. The number of nitrogens with one attached hydrogen (secondary N) is 1. The van der Waals surface area contributed by atoms with E-state index in [1.54, 1.807) is 18.3 Å². The molecule has 8 heteroatoms. The van der Waals surface area contributed by atoms with Gasteiger partial charge in [0, 0.05) is 45.6 Å². The van der Waals surface area contributed by atoms with E-state index in [0.29, 0.717) is 21.6 Å². The molecule has 0 atom stereocenters. The lowest BCUT2D eigenvalue weighted by Gasteiger charge is -2.13. The monoisotopic (exact) mass is 529 g/mol. The molecule has 4 aromatic carbocycles. The van der Waals surface area contributed by atoms with Crippen LogP contribution in [-0.4, -0.2) is 24.3 Å². The van der Waals surface area contributed by atoms with Gasteiger partial charge >= 0.3 is 5.69 Å². The first-order chi connectivity index (χ1) is 19.0. The van der Waals surface area contributed by atoms with Gasteiger partial charge in [-0.05, 0) is 29.8 Å². The Morgan fingerprint density at radius 2 is 1.62 bits per heavy atom. The number of aryl methyl sites for hydroxylation is 1. The number of H-pyrrole nitrogens is 1. The van der Waals surface area contributed by atoms with Crippen molar-refractivity contribution in [3.8, 4) is 28.1 Å². The second kappa shape index (κ2) is 8.79. The van der Waals surface area contributed by atoms with Crippen molar-refractivity contribution in [1.29, 1.82) is 0 Å². The van der Waals surface area contributed by atoms with Crippen molar-refractivity contribution < 1.29 is 0 Å². The number of pyridine rings is 1. The van der Waals surface area contributed by atoms with E-state index in [1.807, 2.05) is 84.5 Å². The molecule has 1 N–H and O–H groups in total. The van der Waals surface area contributed by atoms with Gasteiger partial charge in [0.25, 0.3) is 5.56 Å². The molecular formula is C31H20ClN5O2. The standard InChI is InChI=1S/C31H20ClN5O2/c1-36-26-12-5-4-9-22(26)29(35-36)23-10-6-11-24(32)28(23)18-13-14-21-25(15-18)34-31(39)37(30(21)38)27-17-33-16-19-7-2-3-8-20(19)27/h2-17H,1H3,(H,34,39). The second-order valence-electron chi connectivity index (χ2n) is 9.36. The molecule has 0 fully saturated rings. The van der Waals surface area contributed by atoms with Gasteiger partial charge < -0.3 is 4.98 Å². The minimum atomic E-state index is -0.544. The maximum absolute atomic E-state index is 13.6.